The summed E-state index contributed by atoms with van der Waals surface area (Å²) in [6.07, 6.45) is 6.58. The van der Waals surface area contributed by atoms with Crippen molar-refractivity contribution in [2.24, 2.45) is 11.8 Å². The highest BCUT2D eigenvalue weighted by molar-refractivity contribution is 6.07. The van der Waals surface area contributed by atoms with Crippen LogP contribution in [-0.4, -0.2) is 22.7 Å². The average Bonchev–Trinajstić information content (AvgIpc) is 2.71. The Labute approximate surface area is 156 Å². The molecule has 0 bridgehead atoms. The summed E-state index contributed by atoms with van der Waals surface area (Å²) in [5.74, 6) is -0.931. The van der Waals surface area contributed by atoms with Gasteiger partial charge in [-0.05, 0) is 43.2 Å². The molecular weight excluding hydrogens is 344 g/mol. The lowest BCUT2D eigenvalue weighted by Gasteiger charge is -2.38. The van der Waals surface area contributed by atoms with Crippen LogP contribution in [0.15, 0.2) is 60.8 Å². The Kier molecular flexibility index (Phi) is 4.42. The van der Waals surface area contributed by atoms with Crippen molar-refractivity contribution < 1.29 is 14.4 Å². The van der Waals surface area contributed by atoms with E-state index in [-0.39, 0.29) is 29.6 Å². The van der Waals surface area contributed by atoms with Crippen molar-refractivity contribution in [3.8, 4) is 0 Å². The van der Waals surface area contributed by atoms with E-state index in [4.69, 9.17) is 0 Å². The van der Waals surface area contributed by atoms with Crippen LogP contribution in [0.4, 0.5) is 11.5 Å². The molecule has 1 aliphatic heterocycles. The van der Waals surface area contributed by atoms with Gasteiger partial charge < -0.3 is 5.32 Å². The fourth-order valence-electron chi connectivity index (χ4n) is 3.39. The number of allylic oxidation sites excluding steroid dienone is 2. The number of rotatable bonds is 3. The minimum absolute atomic E-state index is 0.161. The molecule has 136 valence electrons. The van der Waals surface area contributed by atoms with E-state index in [1.54, 1.807) is 48.7 Å². The molecular formula is C20H18N4O3. The van der Waals surface area contributed by atoms with E-state index < -0.39 is 0 Å². The van der Waals surface area contributed by atoms with E-state index in [0.717, 1.165) is 0 Å². The minimum atomic E-state index is -0.366. The number of fused-ring (bicyclic) bond motifs is 1. The maximum atomic E-state index is 12.8. The number of nitrogens with zero attached hydrogens (tertiary/aromatic N) is 2. The van der Waals surface area contributed by atoms with Crippen LogP contribution in [0.2, 0.25) is 0 Å². The summed E-state index contributed by atoms with van der Waals surface area (Å²) >= 11 is 0. The highest BCUT2D eigenvalue weighted by Crippen LogP contribution is 2.32. The predicted octanol–water partition coefficient (Wildman–Crippen LogP) is 2.29. The number of amides is 3. The predicted molar refractivity (Wildman–Crippen MR) is 99.6 cm³/mol. The Balaban J connectivity index is 1.57. The first-order chi connectivity index (χ1) is 13.1. The first-order valence-electron chi connectivity index (χ1n) is 8.75. The third-order valence-corrected chi connectivity index (χ3v) is 4.80. The minimum Gasteiger partial charge on any atom is -0.307 e. The molecule has 1 aromatic heterocycles. The van der Waals surface area contributed by atoms with E-state index in [2.05, 4.69) is 15.7 Å². The van der Waals surface area contributed by atoms with Gasteiger partial charge >= 0.3 is 0 Å². The van der Waals surface area contributed by atoms with Crippen LogP contribution in [0, 0.1) is 11.8 Å². The van der Waals surface area contributed by atoms with Crippen molar-refractivity contribution in [2.75, 3.05) is 10.3 Å². The zero-order chi connectivity index (χ0) is 18.8. The molecule has 4 rings (SSSR count). The zero-order valence-corrected chi connectivity index (χ0v) is 14.5. The third kappa shape index (κ3) is 3.31. The summed E-state index contributed by atoms with van der Waals surface area (Å²) < 4.78 is 0. The Morgan fingerprint density at radius 1 is 1.07 bits per heavy atom. The monoisotopic (exact) mass is 362 g/mol. The Bertz CT molecular complexity index is 926. The molecule has 0 spiro atoms. The smallest absolute Gasteiger partial charge is 0.256 e. The molecule has 27 heavy (non-hydrogen) atoms. The van der Waals surface area contributed by atoms with E-state index >= 15 is 0 Å². The molecule has 3 amide bonds. The molecule has 0 radical (unpaired) electrons. The van der Waals surface area contributed by atoms with Gasteiger partial charge in [-0.15, -0.1) is 0 Å². The van der Waals surface area contributed by atoms with Crippen LogP contribution in [0.25, 0.3) is 0 Å². The molecule has 7 heteroatoms. The maximum Gasteiger partial charge on any atom is 0.256 e. The lowest BCUT2D eigenvalue weighted by Crippen LogP contribution is -2.59. The SMILES string of the molecule is O=C(Nc1ccccn1)c1cccc(N2NC(=O)[C@@H]3CC=CC[C@H]3C2=O)c1. The molecule has 1 aliphatic carbocycles. The number of carbonyl (C=O) groups excluding carboxylic acids is 3. The second kappa shape index (κ2) is 7.03. The van der Waals surface area contributed by atoms with E-state index in [1.807, 2.05) is 12.2 Å². The number of aromatic nitrogens is 1. The number of hydrogen-bond acceptors (Lipinski definition) is 4. The molecule has 0 saturated carbocycles. The van der Waals surface area contributed by atoms with Gasteiger partial charge in [-0.2, -0.15) is 0 Å². The maximum absolute atomic E-state index is 12.8. The van der Waals surface area contributed by atoms with Crippen molar-refractivity contribution in [1.82, 2.24) is 10.4 Å². The molecule has 0 unspecified atom stereocenters. The van der Waals surface area contributed by atoms with E-state index in [1.165, 1.54) is 5.01 Å². The fraction of sp³-hybridized carbons (Fsp3) is 0.200. The summed E-state index contributed by atoms with van der Waals surface area (Å²) in [5.41, 5.74) is 3.48. The number of pyridine rings is 1. The summed E-state index contributed by atoms with van der Waals surface area (Å²) in [6, 6.07) is 11.8. The van der Waals surface area contributed by atoms with Gasteiger partial charge in [0.15, 0.2) is 0 Å². The van der Waals surface area contributed by atoms with Gasteiger partial charge in [-0.1, -0.05) is 24.3 Å². The molecule has 1 fully saturated rings. The number of benzene rings is 1. The highest BCUT2D eigenvalue weighted by Gasteiger charge is 2.42. The van der Waals surface area contributed by atoms with Crippen LogP contribution in [0.1, 0.15) is 23.2 Å². The number of hydrazine groups is 1. The van der Waals surface area contributed by atoms with Gasteiger partial charge in [0.05, 0.1) is 17.5 Å². The molecule has 2 atom stereocenters. The van der Waals surface area contributed by atoms with Gasteiger partial charge in [-0.3, -0.25) is 19.8 Å². The topological polar surface area (TPSA) is 91.4 Å². The van der Waals surface area contributed by atoms with Crippen molar-refractivity contribution >= 4 is 29.2 Å². The Hall–Kier alpha value is -3.48. The van der Waals surface area contributed by atoms with Gasteiger partial charge in [0.25, 0.3) is 5.91 Å². The summed E-state index contributed by atoms with van der Waals surface area (Å²) in [7, 11) is 0. The van der Waals surface area contributed by atoms with Gasteiger partial charge in [0, 0.05) is 11.8 Å². The zero-order valence-electron chi connectivity index (χ0n) is 14.5. The molecule has 2 N–H and O–H groups in total. The van der Waals surface area contributed by atoms with Gasteiger partial charge in [0.1, 0.15) is 5.82 Å². The number of carbonyl (C=O) groups is 3. The molecule has 2 aliphatic rings. The molecule has 2 aromatic rings. The largest absolute Gasteiger partial charge is 0.307 e. The first kappa shape index (κ1) is 17.0. The van der Waals surface area contributed by atoms with Crippen molar-refractivity contribution in [3.63, 3.8) is 0 Å². The third-order valence-electron chi connectivity index (χ3n) is 4.80. The van der Waals surface area contributed by atoms with Crippen LogP contribution < -0.4 is 15.8 Å². The van der Waals surface area contributed by atoms with Crippen LogP contribution in [-0.2, 0) is 9.59 Å². The molecule has 1 saturated heterocycles. The second-order valence-electron chi connectivity index (χ2n) is 6.52. The quantitative estimate of drug-likeness (QED) is 0.820. The molecule has 2 heterocycles. The van der Waals surface area contributed by atoms with Crippen molar-refractivity contribution in [3.05, 3.63) is 66.4 Å². The van der Waals surface area contributed by atoms with E-state index in [0.29, 0.717) is 29.9 Å². The number of nitrogens with one attached hydrogen (secondary N) is 2. The van der Waals surface area contributed by atoms with Gasteiger partial charge in [0.2, 0.25) is 11.8 Å². The second-order valence-corrected chi connectivity index (χ2v) is 6.52. The van der Waals surface area contributed by atoms with Crippen molar-refractivity contribution in [2.45, 2.75) is 12.8 Å². The standard InChI is InChI=1S/C20H18N4O3/c25-18(22-17-10-3-4-11-21-17)13-6-5-7-14(12-13)24-20(27)16-9-2-1-8-15(16)19(26)23-24/h1-7,10-12,15-16H,8-9H2,(H,23,26)(H,21,22,25)/t15-,16-/m1/s1. The fourth-order valence-corrected chi connectivity index (χ4v) is 3.39. The highest BCUT2D eigenvalue weighted by atomic mass is 16.2. The summed E-state index contributed by atoms with van der Waals surface area (Å²) in [5, 5.41) is 3.95. The normalized spacial score (nSPS) is 21.4. The van der Waals surface area contributed by atoms with Gasteiger partial charge in [-0.25, -0.2) is 9.99 Å². The lowest BCUT2D eigenvalue weighted by atomic mass is 9.80. The van der Waals surface area contributed by atoms with Crippen LogP contribution >= 0.6 is 0 Å². The van der Waals surface area contributed by atoms with E-state index in [9.17, 15) is 14.4 Å². The molecule has 1 aromatic carbocycles. The first-order valence-corrected chi connectivity index (χ1v) is 8.75. The average molecular weight is 362 g/mol. The summed E-state index contributed by atoms with van der Waals surface area (Å²) in [4.78, 5) is 41.8. The Morgan fingerprint density at radius 3 is 2.67 bits per heavy atom. The number of hydrogen-bond donors (Lipinski definition) is 2. The van der Waals surface area contributed by atoms with Crippen LogP contribution in [0.5, 0.6) is 0 Å². The van der Waals surface area contributed by atoms with Crippen LogP contribution in [0.3, 0.4) is 0 Å². The lowest BCUT2D eigenvalue weighted by molar-refractivity contribution is -0.139. The Morgan fingerprint density at radius 2 is 1.89 bits per heavy atom. The van der Waals surface area contributed by atoms with Crippen molar-refractivity contribution in [1.29, 1.82) is 0 Å². The number of anilines is 2. The molecule has 7 nitrogen and oxygen atoms in total. The summed E-state index contributed by atoms with van der Waals surface area (Å²) in [6.45, 7) is 0.